The Labute approximate surface area is 122 Å². The molecule has 1 nitrogen and oxygen atoms in total. The van der Waals surface area contributed by atoms with Crippen molar-refractivity contribution < 1.29 is 16.9 Å². The van der Waals surface area contributed by atoms with Crippen LogP contribution in [-0.2, 0) is 0 Å². The van der Waals surface area contributed by atoms with Crippen molar-refractivity contribution in [2.75, 3.05) is 6.54 Å². The van der Waals surface area contributed by atoms with Gasteiger partial charge in [-0.15, -0.1) is 6.42 Å². The smallest absolute Gasteiger partial charge is 0.141 e. The number of nitrogens with zero attached hydrogens (tertiary/aromatic N) is 1. The maximum absolute atomic E-state index is 5.56. The van der Waals surface area contributed by atoms with Gasteiger partial charge in [0, 0.05) is 6.42 Å². The van der Waals surface area contributed by atoms with Crippen LogP contribution in [0.4, 0.5) is 0 Å². The SMILES string of the molecule is C#CC[N+](C(C)C)(C(C)C)C(I)CCC.[Cl-]. The van der Waals surface area contributed by atoms with Crippen molar-refractivity contribution in [1.29, 1.82) is 0 Å². The number of alkyl halides is 1. The summed E-state index contributed by atoms with van der Waals surface area (Å²) in [7, 11) is 0. The number of rotatable bonds is 6. The molecule has 0 amide bonds. The zero-order valence-corrected chi connectivity index (χ0v) is 14.0. The maximum Gasteiger partial charge on any atom is 0.141 e. The molecule has 0 rings (SSSR count). The van der Waals surface area contributed by atoms with Gasteiger partial charge in [0.05, 0.1) is 12.1 Å². The topological polar surface area (TPSA) is 0 Å². The van der Waals surface area contributed by atoms with E-state index in [-0.39, 0.29) is 12.4 Å². The Morgan fingerprint density at radius 1 is 1.19 bits per heavy atom. The Morgan fingerprint density at radius 2 is 1.62 bits per heavy atom. The van der Waals surface area contributed by atoms with Crippen LogP contribution in [0.15, 0.2) is 0 Å². The van der Waals surface area contributed by atoms with Crippen molar-refractivity contribution in [2.24, 2.45) is 0 Å². The van der Waals surface area contributed by atoms with Crippen LogP contribution < -0.4 is 12.4 Å². The Bertz CT molecular complexity index is 212. The Balaban J connectivity index is 0. The molecule has 0 radical (unpaired) electrons. The van der Waals surface area contributed by atoms with Gasteiger partial charge in [-0.25, -0.2) is 0 Å². The number of hydrogen-bond donors (Lipinski definition) is 0. The van der Waals surface area contributed by atoms with E-state index in [1.165, 1.54) is 12.8 Å². The quantitative estimate of drug-likeness (QED) is 0.217. The van der Waals surface area contributed by atoms with Crippen LogP contribution >= 0.6 is 22.6 Å². The normalized spacial score (nSPS) is 13.4. The molecule has 0 aliphatic rings. The summed E-state index contributed by atoms with van der Waals surface area (Å²) in [5, 5.41) is 0. The summed E-state index contributed by atoms with van der Waals surface area (Å²) in [5.74, 6) is 2.88. The first-order valence-electron chi connectivity index (χ1n) is 5.88. The van der Waals surface area contributed by atoms with E-state index in [1.54, 1.807) is 0 Å². The average molecular weight is 358 g/mol. The van der Waals surface area contributed by atoms with Crippen LogP contribution in [0.25, 0.3) is 0 Å². The fourth-order valence-electron chi connectivity index (χ4n) is 2.34. The number of halogens is 2. The predicted molar refractivity (Wildman–Crippen MR) is 76.9 cm³/mol. The van der Waals surface area contributed by atoms with E-state index in [1.807, 2.05) is 0 Å². The van der Waals surface area contributed by atoms with E-state index in [9.17, 15) is 0 Å². The molecule has 0 saturated carbocycles. The molecule has 0 saturated heterocycles. The lowest BCUT2D eigenvalue weighted by atomic mass is 10.1. The van der Waals surface area contributed by atoms with Crippen molar-refractivity contribution >= 4 is 22.6 Å². The van der Waals surface area contributed by atoms with E-state index in [0.717, 1.165) is 11.0 Å². The number of quaternary nitrogens is 1. The van der Waals surface area contributed by atoms with E-state index in [0.29, 0.717) is 16.1 Å². The first-order chi connectivity index (χ1) is 6.93. The lowest BCUT2D eigenvalue weighted by molar-refractivity contribution is -0.966. The van der Waals surface area contributed by atoms with Crippen molar-refractivity contribution in [3.05, 3.63) is 0 Å². The molecular weight excluding hydrogens is 333 g/mol. The summed E-state index contributed by atoms with van der Waals surface area (Å²) in [6.07, 6.45) is 8.04. The summed E-state index contributed by atoms with van der Waals surface area (Å²) in [4.78, 5) is 0. The van der Waals surface area contributed by atoms with Crippen LogP contribution in [0, 0.1) is 12.3 Å². The summed E-state index contributed by atoms with van der Waals surface area (Å²) in [5.41, 5.74) is 0. The minimum atomic E-state index is 0. The highest BCUT2D eigenvalue weighted by molar-refractivity contribution is 14.1. The molecule has 0 heterocycles. The predicted octanol–water partition coefficient (Wildman–Crippen LogP) is 0.818. The second kappa shape index (κ2) is 8.60. The van der Waals surface area contributed by atoms with Crippen LogP contribution in [0.5, 0.6) is 0 Å². The molecule has 0 aromatic carbocycles. The largest absolute Gasteiger partial charge is 1.00 e. The molecule has 0 N–H and O–H groups in total. The van der Waals surface area contributed by atoms with Crippen LogP contribution in [-0.4, -0.2) is 27.2 Å². The maximum atomic E-state index is 5.56. The summed E-state index contributed by atoms with van der Waals surface area (Å²) >= 11 is 2.59. The minimum Gasteiger partial charge on any atom is -1.00 e. The molecule has 0 bridgehead atoms. The lowest BCUT2D eigenvalue weighted by Gasteiger charge is -2.48. The Kier molecular flexibility index (Phi) is 10.2. The highest BCUT2D eigenvalue weighted by Gasteiger charge is 2.39. The Morgan fingerprint density at radius 3 is 1.88 bits per heavy atom. The third-order valence-corrected chi connectivity index (χ3v) is 5.00. The van der Waals surface area contributed by atoms with Gasteiger partial charge in [0.25, 0.3) is 0 Å². The molecule has 16 heavy (non-hydrogen) atoms. The van der Waals surface area contributed by atoms with Crippen molar-refractivity contribution in [3.63, 3.8) is 0 Å². The van der Waals surface area contributed by atoms with Gasteiger partial charge in [0.2, 0.25) is 0 Å². The molecule has 1 atom stereocenters. The second-order valence-corrected chi connectivity index (χ2v) is 6.21. The van der Waals surface area contributed by atoms with E-state index >= 15 is 0 Å². The van der Waals surface area contributed by atoms with E-state index in [2.05, 4.69) is 63.1 Å². The minimum absolute atomic E-state index is 0. The fraction of sp³-hybridized carbons (Fsp3) is 0.846. The van der Waals surface area contributed by atoms with Crippen LogP contribution in [0.1, 0.15) is 47.5 Å². The first kappa shape index (κ1) is 18.9. The third kappa shape index (κ3) is 4.09. The van der Waals surface area contributed by atoms with Gasteiger partial charge in [0.15, 0.2) is 0 Å². The Hall–Kier alpha value is 0.540. The van der Waals surface area contributed by atoms with Gasteiger partial charge >= 0.3 is 0 Å². The molecule has 0 fully saturated rings. The van der Waals surface area contributed by atoms with Gasteiger partial charge in [-0.3, -0.25) is 4.48 Å². The van der Waals surface area contributed by atoms with Gasteiger partial charge < -0.3 is 12.4 Å². The summed E-state index contributed by atoms with van der Waals surface area (Å²) in [6, 6.07) is 1.18. The second-order valence-electron chi connectivity index (χ2n) is 4.77. The molecular formula is C13H25ClIN. The number of terminal acetylenes is 1. The molecule has 96 valence electrons. The molecule has 0 aromatic heterocycles. The molecule has 0 spiro atoms. The lowest BCUT2D eigenvalue weighted by Crippen LogP contribution is -3.00. The summed E-state index contributed by atoms with van der Waals surface area (Å²) in [6.45, 7) is 12.3. The monoisotopic (exact) mass is 357 g/mol. The van der Waals surface area contributed by atoms with Gasteiger partial charge in [-0.1, -0.05) is 6.92 Å². The average Bonchev–Trinajstić information content (AvgIpc) is 2.13. The van der Waals surface area contributed by atoms with Gasteiger partial charge in [-0.2, -0.15) is 0 Å². The van der Waals surface area contributed by atoms with Gasteiger partial charge in [-0.05, 0) is 62.6 Å². The van der Waals surface area contributed by atoms with Crippen LogP contribution in [0.3, 0.4) is 0 Å². The third-order valence-electron chi connectivity index (χ3n) is 3.34. The van der Waals surface area contributed by atoms with Gasteiger partial charge in [0.1, 0.15) is 10.6 Å². The van der Waals surface area contributed by atoms with Crippen molar-refractivity contribution in [2.45, 2.75) is 63.6 Å². The highest BCUT2D eigenvalue weighted by atomic mass is 127. The summed E-state index contributed by atoms with van der Waals surface area (Å²) < 4.78 is 1.67. The molecule has 3 heteroatoms. The zero-order valence-electron chi connectivity index (χ0n) is 11.1. The highest BCUT2D eigenvalue weighted by Crippen LogP contribution is 2.30. The molecule has 0 aliphatic heterocycles. The van der Waals surface area contributed by atoms with Crippen molar-refractivity contribution in [1.82, 2.24) is 0 Å². The number of hydrogen-bond acceptors (Lipinski definition) is 0. The van der Waals surface area contributed by atoms with Crippen molar-refractivity contribution in [3.8, 4) is 12.3 Å². The fourth-order valence-corrected chi connectivity index (χ4v) is 4.45. The zero-order chi connectivity index (χ0) is 12.1. The van der Waals surface area contributed by atoms with E-state index in [4.69, 9.17) is 6.42 Å². The van der Waals surface area contributed by atoms with E-state index < -0.39 is 0 Å². The standard InChI is InChI=1S/C13H25IN.ClH/c1-7-9-13(14)15(10-8-2,11(3)4)12(5)6;/h2,11-13H,7,9-10H2,1,3-6H3;1H/q+1;/p-1. The van der Waals surface area contributed by atoms with Crippen LogP contribution in [0.2, 0.25) is 0 Å². The molecule has 0 aliphatic carbocycles. The molecule has 0 aromatic rings. The molecule has 1 unspecified atom stereocenters. The first-order valence-corrected chi connectivity index (χ1v) is 7.12.